The molecule has 2 aromatic rings. The van der Waals surface area contributed by atoms with Gasteiger partial charge in [0, 0.05) is 23.5 Å². The van der Waals surface area contributed by atoms with E-state index < -0.39 is 0 Å². The number of carbonyl (C=O) groups excluding carboxylic acids is 1. The van der Waals surface area contributed by atoms with Crippen LogP contribution in [0, 0.1) is 6.92 Å². The number of ether oxygens (including phenoxy) is 1. The molecule has 1 fully saturated rings. The first-order chi connectivity index (χ1) is 12.5. The average molecular weight is 376 g/mol. The molecule has 5 nitrogen and oxygen atoms in total. The molecular formula is C20H26ClN3O2. The van der Waals surface area contributed by atoms with Crippen molar-refractivity contribution in [2.24, 2.45) is 0 Å². The molecule has 1 aromatic carbocycles. The second kappa shape index (κ2) is 8.12. The molecule has 1 N–H and O–H groups in total. The Morgan fingerprint density at radius 2 is 2.23 bits per heavy atom. The van der Waals surface area contributed by atoms with E-state index in [9.17, 15) is 4.79 Å². The van der Waals surface area contributed by atoms with Crippen LogP contribution < -0.4 is 10.1 Å². The summed E-state index contributed by atoms with van der Waals surface area (Å²) in [5, 5.41) is 3.85. The fraction of sp³-hybridized carbons (Fsp3) is 0.500. The van der Waals surface area contributed by atoms with Crippen LogP contribution in [0.4, 0.5) is 0 Å². The molecule has 0 radical (unpaired) electrons. The maximum Gasteiger partial charge on any atom is 0.258 e. The summed E-state index contributed by atoms with van der Waals surface area (Å²) in [6.07, 6.45) is 8.68. The number of hydrogen-bond donors (Lipinski definition) is 1. The summed E-state index contributed by atoms with van der Waals surface area (Å²) < 4.78 is 7.92. The monoisotopic (exact) mass is 375 g/mol. The van der Waals surface area contributed by atoms with Crippen molar-refractivity contribution in [1.82, 2.24) is 14.9 Å². The summed E-state index contributed by atoms with van der Waals surface area (Å²) in [4.78, 5) is 16.5. The van der Waals surface area contributed by atoms with Crippen molar-refractivity contribution < 1.29 is 9.53 Å². The molecule has 140 valence electrons. The molecule has 1 saturated carbocycles. The Balaban J connectivity index is 1.62. The highest BCUT2D eigenvalue weighted by Crippen LogP contribution is 2.32. The minimum atomic E-state index is -0.0932. The van der Waals surface area contributed by atoms with E-state index in [2.05, 4.69) is 28.7 Å². The largest absolute Gasteiger partial charge is 0.483 e. The average Bonchev–Trinajstić information content (AvgIpc) is 3.26. The number of nitrogens with one attached hydrogen (secondary N) is 1. The lowest BCUT2D eigenvalue weighted by atomic mass is 10.0. The van der Waals surface area contributed by atoms with E-state index in [-0.39, 0.29) is 30.5 Å². The Kier molecular flexibility index (Phi) is 5.87. The second-order valence-corrected chi connectivity index (χ2v) is 7.67. The highest BCUT2D eigenvalue weighted by molar-refractivity contribution is 6.31. The number of nitrogens with zero attached hydrogens (tertiary/aromatic N) is 2. The van der Waals surface area contributed by atoms with Gasteiger partial charge in [-0.2, -0.15) is 0 Å². The lowest BCUT2D eigenvalue weighted by Gasteiger charge is -2.22. The molecule has 0 spiro atoms. The van der Waals surface area contributed by atoms with Gasteiger partial charge in [0.05, 0.1) is 12.4 Å². The van der Waals surface area contributed by atoms with Gasteiger partial charge in [-0.3, -0.25) is 4.79 Å². The maximum absolute atomic E-state index is 12.4. The number of benzene rings is 1. The Bertz CT molecular complexity index is 759. The molecule has 0 saturated heterocycles. The van der Waals surface area contributed by atoms with E-state index >= 15 is 0 Å². The summed E-state index contributed by atoms with van der Waals surface area (Å²) in [6.45, 7) is 6.12. The van der Waals surface area contributed by atoms with Gasteiger partial charge in [0.25, 0.3) is 5.91 Å². The van der Waals surface area contributed by atoms with E-state index in [1.165, 1.54) is 0 Å². The van der Waals surface area contributed by atoms with E-state index in [4.69, 9.17) is 16.3 Å². The normalized spacial score (nSPS) is 19.7. The molecule has 3 rings (SSSR count). The molecule has 1 aromatic heterocycles. The fourth-order valence-corrected chi connectivity index (χ4v) is 3.74. The number of amides is 1. The zero-order chi connectivity index (χ0) is 18.7. The first-order valence-corrected chi connectivity index (χ1v) is 9.53. The Morgan fingerprint density at radius 1 is 1.42 bits per heavy atom. The van der Waals surface area contributed by atoms with Gasteiger partial charge >= 0.3 is 0 Å². The third kappa shape index (κ3) is 4.21. The molecule has 0 aliphatic heterocycles. The lowest BCUT2D eigenvalue weighted by molar-refractivity contribution is -0.124. The highest BCUT2D eigenvalue weighted by Gasteiger charge is 2.29. The molecule has 1 heterocycles. The molecule has 2 unspecified atom stereocenters. The Hall–Kier alpha value is -2.01. The molecule has 6 heteroatoms. The number of aromatic nitrogens is 2. The van der Waals surface area contributed by atoms with Crippen LogP contribution in [0.5, 0.6) is 5.75 Å². The van der Waals surface area contributed by atoms with Crippen molar-refractivity contribution in [3.8, 4) is 5.75 Å². The predicted octanol–water partition coefficient (Wildman–Crippen LogP) is 4.26. The van der Waals surface area contributed by atoms with Crippen LogP contribution in [0.2, 0.25) is 5.02 Å². The van der Waals surface area contributed by atoms with Crippen molar-refractivity contribution in [3.05, 3.63) is 47.0 Å². The summed E-state index contributed by atoms with van der Waals surface area (Å²) in [5.74, 6) is 0.908. The number of halogens is 1. The van der Waals surface area contributed by atoms with Crippen molar-refractivity contribution in [1.29, 1.82) is 0 Å². The lowest BCUT2D eigenvalue weighted by Crippen LogP contribution is -2.40. The van der Waals surface area contributed by atoms with Crippen LogP contribution in [0.15, 0.2) is 30.9 Å². The Morgan fingerprint density at radius 3 is 2.92 bits per heavy atom. The summed E-state index contributed by atoms with van der Waals surface area (Å²) in [6, 6.07) is 4.23. The minimum Gasteiger partial charge on any atom is -0.483 e. The van der Waals surface area contributed by atoms with Crippen LogP contribution in [0.25, 0.3) is 0 Å². The molecular weight excluding hydrogens is 350 g/mol. The SMILES string of the molecule is Cc1cc(OCC(=O)NC2CCCC2n2ccnc2)c(C(C)C)cc1Cl. The standard InChI is InChI=1S/C20H26ClN3O2/c1-13(2)15-10-16(21)14(3)9-19(15)26-11-20(25)23-17-5-4-6-18(17)24-8-7-22-12-24/h7-10,12-13,17-18H,4-6,11H2,1-3H3,(H,23,25). The number of imidazole rings is 1. The van der Waals surface area contributed by atoms with Crippen molar-refractivity contribution in [2.75, 3.05) is 6.61 Å². The molecule has 0 bridgehead atoms. The first kappa shape index (κ1) is 18.8. The fourth-order valence-electron chi connectivity index (χ4n) is 3.57. The Labute approximate surface area is 159 Å². The third-order valence-corrected chi connectivity index (χ3v) is 5.41. The molecule has 1 aliphatic rings. The van der Waals surface area contributed by atoms with Gasteiger partial charge in [0.1, 0.15) is 5.75 Å². The number of aryl methyl sites for hydroxylation is 1. The van der Waals surface area contributed by atoms with E-state index in [1.807, 2.05) is 31.6 Å². The minimum absolute atomic E-state index is 0.00788. The zero-order valence-electron chi connectivity index (χ0n) is 15.5. The van der Waals surface area contributed by atoms with E-state index in [0.717, 1.165) is 41.2 Å². The van der Waals surface area contributed by atoms with Crippen LogP contribution in [-0.4, -0.2) is 28.1 Å². The first-order valence-electron chi connectivity index (χ1n) is 9.15. The van der Waals surface area contributed by atoms with Gasteiger partial charge < -0.3 is 14.6 Å². The predicted molar refractivity (Wildman–Crippen MR) is 103 cm³/mol. The quantitative estimate of drug-likeness (QED) is 0.820. The van der Waals surface area contributed by atoms with Gasteiger partial charge in [0.15, 0.2) is 6.61 Å². The van der Waals surface area contributed by atoms with Gasteiger partial charge in [-0.25, -0.2) is 4.98 Å². The third-order valence-electron chi connectivity index (χ3n) is 5.01. The molecule has 1 amide bonds. The molecule has 26 heavy (non-hydrogen) atoms. The van der Waals surface area contributed by atoms with Gasteiger partial charge in [-0.05, 0) is 55.4 Å². The van der Waals surface area contributed by atoms with Crippen molar-refractivity contribution in [2.45, 2.75) is 58.0 Å². The van der Waals surface area contributed by atoms with Crippen LogP contribution >= 0.6 is 11.6 Å². The van der Waals surface area contributed by atoms with Gasteiger partial charge in [-0.15, -0.1) is 0 Å². The number of hydrogen-bond acceptors (Lipinski definition) is 3. The van der Waals surface area contributed by atoms with Gasteiger partial charge in [0.2, 0.25) is 0 Å². The summed E-state index contributed by atoms with van der Waals surface area (Å²) in [5.41, 5.74) is 1.97. The van der Waals surface area contributed by atoms with Crippen molar-refractivity contribution in [3.63, 3.8) is 0 Å². The maximum atomic E-state index is 12.4. The molecule has 2 atom stereocenters. The highest BCUT2D eigenvalue weighted by atomic mass is 35.5. The topological polar surface area (TPSA) is 56.1 Å². The van der Waals surface area contributed by atoms with Crippen LogP contribution in [0.1, 0.15) is 56.2 Å². The van der Waals surface area contributed by atoms with Gasteiger partial charge in [-0.1, -0.05) is 25.4 Å². The van der Waals surface area contributed by atoms with Crippen LogP contribution in [-0.2, 0) is 4.79 Å². The van der Waals surface area contributed by atoms with E-state index in [0.29, 0.717) is 0 Å². The van der Waals surface area contributed by atoms with Crippen molar-refractivity contribution >= 4 is 17.5 Å². The smallest absolute Gasteiger partial charge is 0.258 e. The summed E-state index contributed by atoms with van der Waals surface area (Å²) >= 11 is 6.23. The second-order valence-electron chi connectivity index (χ2n) is 7.26. The van der Waals surface area contributed by atoms with Crippen LogP contribution in [0.3, 0.4) is 0 Å². The number of carbonyl (C=O) groups is 1. The zero-order valence-corrected chi connectivity index (χ0v) is 16.3. The summed E-state index contributed by atoms with van der Waals surface area (Å²) in [7, 11) is 0. The number of rotatable bonds is 6. The molecule has 1 aliphatic carbocycles. The van der Waals surface area contributed by atoms with E-state index in [1.54, 1.807) is 6.20 Å².